The molecular weight excluding hydrogens is 364 g/mol. The summed E-state index contributed by atoms with van der Waals surface area (Å²) in [5.41, 5.74) is 3.41. The van der Waals surface area contributed by atoms with Crippen LogP contribution in [0.2, 0.25) is 0 Å². The minimum atomic E-state index is -0.701. The molecule has 1 N–H and O–H groups in total. The molecule has 0 bridgehead atoms. The van der Waals surface area contributed by atoms with Crippen LogP contribution in [0.4, 0.5) is 0 Å². The van der Waals surface area contributed by atoms with Gasteiger partial charge in [-0.3, -0.25) is 9.59 Å². The molecule has 1 aliphatic carbocycles. The number of carbonyl (C=O) groups is 2. The second-order valence-electron chi connectivity index (χ2n) is 9.53. The third-order valence-electron chi connectivity index (χ3n) is 6.25. The first-order chi connectivity index (χ1) is 13.8. The van der Waals surface area contributed by atoms with E-state index >= 15 is 0 Å². The van der Waals surface area contributed by atoms with Crippen molar-refractivity contribution in [3.63, 3.8) is 0 Å². The van der Waals surface area contributed by atoms with Crippen LogP contribution in [0.25, 0.3) is 0 Å². The highest BCUT2D eigenvalue weighted by atomic mass is 16.5. The van der Waals surface area contributed by atoms with Crippen LogP contribution < -0.4 is 0 Å². The molecule has 1 aliphatic rings. The molecule has 4 heteroatoms. The highest BCUT2D eigenvalue weighted by molar-refractivity contribution is 5.73. The summed E-state index contributed by atoms with van der Waals surface area (Å²) in [7, 11) is 0. The van der Waals surface area contributed by atoms with E-state index in [1.807, 2.05) is 13.8 Å². The first kappa shape index (κ1) is 23.4. The predicted octanol–water partition coefficient (Wildman–Crippen LogP) is 6.02. The molecule has 1 fully saturated rings. The van der Waals surface area contributed by atoms with E-state index in [2.05, 4.69) is 25.1 Å². The van der Waals surface area contributed by atoms with Crippen molar-refractivity contribution in [3.05, 3.63) is 34.9 Å². The first-order valence-electron chi connectivity index (χ1n) is 11.2. The number of ether oxygens (including phenoxy) is 1. The highest BCUT2D eigenvalue weighted by Crippen LogP contribution is 2.43. The lowest BCUT2D eigenvalue weighted by atomic mass is 9.87. The Kier molecular flexibility index (Phi) is 8.73. The van der Waals surface area contributed by atoms with E-state index in [1.54, 1.807) is 0 Å². The predicted molar refractivity (Wildman–Crippen MR) is 116 cm³/mol. The third-order valence-corrected chi connectivity index (χ3v) is 6.25. The minimum absolute atomic E-state index is 0.126. The minimum Gasteiger partial charge on any atom is -0.481 e. The summed E-state index contributed by atoms with van der Waals surface area (Å²) >= 11 is 0. The Morgan fingerprint density at radius 3 is 2.17 bits per heavy atom. The Balaban J connectivity index is 1.66. The van der Waals surface area contributed by atoms with Gasteiger partial charge in [-0.15, -0.1) is 0 Å². The first-order valence-corrected chi connectivity index (χ1v) is 11.2. The average Bonchev–Trinajstić information content (AvgIpc) is 3.41. The zero-order valence-corrected chi connectivity index (χ0v) is 18.5. The molecule has 2 rings (SSSR count). The van der Waals surface area contributed by atoms with E-state index in [0.717, 1.165) is 77.0 Å². The van der Waals surface area contributed by atoms with Gasteiger partial charge in [-0.05, 0) is 89.7 Å². The van der Waals surface area contributed by atoms with E-state index in [1.165, 1.54) is 16.7 Å². The van der Waals surface area contributed by atoms with Crippen LogP contribution in [0, 0.1) is 12.3 Å². The van der Waals surface area contributed by atoms with E-state index < -0.39 is 11.4 Å². The number of unbranched alkanes of at least 4 members (excludes halogenated alkanes) is 4. The molecular formula is C25H38O4. The van der Waals surface area contributed by atoms with Crippen LogP contribution in [0.15, 0.2) is 18.2 Å². The quantitative estimate of drug-likeness (QED) is 0.288. The molecule has 162 valence electrons. The maximum Gasteiger partial charge on any atom is 0.309 e. The SMILES string of the molecule is Cc1cc(CCCCCCC(C)(C)C(=O)O)cc(CCCCC2(OC=O)CC2)c1. The van der Waals surface area contributed by atoms with Crippen molar-refractivity contribution in [2.24, 2.45) is 5.41 Å². The lowest BCUT2D eigenvalue weighted by molar-refractivity contribution is -0.147. The Labute approximate surface area is 176 Å². The fourth-order valence-electron chi connectivity index (χ4n) is 4.04. The van der Waals surface area contributed by atoms with Gasteiger partial charge in [-0.2, -0.15) is 0 Å². The van der Waals surface area contributed by atoms with Crippen LogP contribution in [0.1, 0.15) is 94.7 Å². The summed E-state index contributed by atoms with van der Waals surface area (Å²) in [5.74, 6) is -0.701. The number of hydrogen-bond donors (Lipinski definition) is 1. The molecule has 0 aliphatic heterocycles. The Hall–Kier alpha value is -1.84. The molecule has 0 unspecified atom stereocenters. The molecule has 29 heavy (non-hydrogen) atoms. The van der Waals surface area contributed by atoms with E-state index in [0.29, 0.717) is 6.47 Å². The van der Waals surface area contributed by atoms with Gasteiger partial charge in [0, 0.05) is 0 Å². The largest absolute Gasteiger partial charge is 0.481 e. The maximum atomic E-state index is 11.1. The van der Waals surface area contributed by atoms with Gasteiger partial charge in [0.25, 0.3) is 6.47 Å². The van der Waals surface area contributed by atoms with Crippen molar-refractivity contribution in [1.29, 1.82) is 0 Å². The van der Waals surface area contributed by atoms with Crippen molar-refractivity contribution in [2.45, 2.75) is 103 Å². The fourth-order valence-corrected chi connectivity index (χ4v) is 4.04. The van der Waals surface area contributed by atoms with Crippen LogP contribution in [0.3, 0.4) is 0 Å². The normalized spacial score (nSPS) is 15.1. The summed E-state index contributed by atoms with van der Waals surface area (Å²) in [5, 5.41) is 9.17. The van der Waals surface area contributed by atoms with Gasteiger partial charge in [0.1, 0.15) is 5.60 Å². The second kappa shape index (κ2) is 10.8. The van der Waals surface area contributed by atoms with Crippen LogP contribution in [-0.2, 0) is 27.2 Å². The average molecular weight is 403 g/mol. The van der Waals surface area contributed by atoms with Crippen molar-refractivity contribution in [3.8, 4) is 0 Å². The van der Waals surface area contributed by atoms with Gasteiger partial charge in [0.2, 0.25) is 0 Å². The zero-order valence-electron chi connectivity index (χ0n) is 18.5. The summed E-state index contributed by atoms with van der Waals surface area (Å²) in [4.78, 5) is 21.7. The second-order valence-corrected chi connectivity index (χ2v) is 9.53. The van der Waals surface area contributed by atoms with Gasteiger partial charge >= 0.3 is 5.97 Å². The van der Waals surface area contributed by atoms with Crippen LogP contribution in [0.5, 0.6) is 0 Å². The van der Waals surface area contributed by atoms with Crippen molar-refractivity contribution in [2.75, 3.05) is 0 Å². The number of carboxylic acid groups (broad SMARTS) is 1. The molecule has 1 aromatic carbocycles. The smallest absolute Gasteiger partial charge is 0.309 e. The van der Waals surface area contributed by atoms with Crippen LogP contribution in [-0.4, -0.2) is 23.1 Å². The van der Waals surface area contributed by atoms with Crippen molar-refractivity contribution >= 4 is 12.4 Å². The maximum absolute atomic E-state index is 11.1. The Bertz CT molecular complexity index is 673. The van der Waals surface area contributed by atoms with Gasteiger partial charge in [-0.1, -0.05) is 43.0 Å². The van der Waals surface area contributed by atoms with Crippen LogP contribution >= 0.6 is 0 Å². The number of hydrogen-bond acceptors (Lipinski definition) is 3. The molecule has 0 aromatic heterocycles. The number of aliphatic carboxylic acids is 1. The number of aryl methyl sites for hydroxylation is 3. The molecule has 0 spiro atoms. The van der Waals surface area contributed by atoms with Gasteiger partial charge in [-0.25, -0.2) is 0 Å². The fraction of sp³-hybridized carbons (Fsp3) is 0.680. The summed E-state index contributed by atoms with van der Waals surface area (Å²) < 4.78 is 5.22. The van der Waals surface area contributed by atoms with E-state index in [4.69, 9.17) is 9.84 Å². The molecule has 1 saturated carbocycles. The standard InChI is InChI=1S/C25H38O4/c1-20-16-21(10-6-4-5-8-12-24(2,3)23(27)28)18-22(17-20)11-7-9-13-25(14-15-25)29-19-26/h16-19H,4-15H2,1-3H3,(H,27,28). The Morgan fingerprint density at radius 2 is 1.62 bits per heavy atom. The molecule has 0 amide bonds. The zero-order chi connectivity index (χ0) is 21.3. The molecule has 0 heterocycles. The summed E-state index contributed by atoms with van der Waals surface area (Å²) in [6, 6.07) is 6.91. The van der Waals surface area contributed by atoms with Gasteiger partial charge in [0.15, 0.2) is 0 Å². The lowest BCUT2D eigenvalue weighted by Gasteiger charge is -2.18. The monoisotopic (exact) mass is 402 g/mol. The number of rotatable bonds is 15. The van der Waals surface area contributed by atoms with E-state index in [9.17, 15) is 9.59 Å². The number of carbonyl (C=O) groups excluding carboxylic acids is 1. The summed E-state index contributed by atoms with van der Waals surface area (Å²) in [6.07, 6.45) is 12.6. The number of carboxylic acids is 1. The van der Waals surface area contributed by atoms with Gasteiger partial charge in [0.05, 0.1) is 5.41 Å². The van der Waals surface area contributed by atoms with E-state index in [-0.39, 0.29) is 5.60 Å². The molecule has 0 saturated heterocycles. The van der Waals surface area contributed by atoms with Gasteiger partial charge < -0.3 is 9.84 Å². The Morgan fingerprint density at radius 1 is 1.03 bits per heavy atom. The third kappa shape index (κ3) is 8.20. The topological polar surface area (TPSA) is 63.6 Å². The number of benzene rings is 1. The molecule has 1 aromatic rings. The molecule has 4 nitrogen and oxygen atoms in total. The molecule has 0 atom stereocenters. The van der Waals surface area contributed by atoms with Crippen molar-refractivity contribution in [1.82, 2.24) is 0 Å². The summed E-state index contributed by atoms with van der Waals surface area (Å²) in [6.45, 7) is 6.39. The highest BCUT2D eigenvalue weighted by Gasteiger charge is 2.44. The molecule has 0 radical (unpaired) electrons. The lowest BCUT2D eigenvalue weighted by Crippen LogP contribution is -2.23. The van der Waals surface area contributed by atoms with Crippen molar-refractivity contribution < 1.29 is 19.4 Å².